The van der Waals surface area contributed by atoms with Gasteiger partial charge in [-0.3, -0.25) is 19.4 Å². The van der Waals surface area contributed by atoms with Crippen LogP contribution in [0.15, 0.2) is 54.6 Å². The standard InChI is InChI=1S/C33H38N4O3/c1-5-28-18-26(17-23(4)34-28)33(40)36-15-13-25(14-16-36)24-9-11-29(12-10-24)35-32(39)27-19-30(38)37(20-27)31-21(2)7-6-8-22(31)3/h6-12,17-18,25,27H,5,13-16,19-20H2,1-4H3,(H,35,39). The number of para-hydroxylation sites is 1. The van der Waals surface area contributed by atoms with Gasteiger partial charge in [0.15, 0.2) is 0 Å². The van der Waals surface area contributed by atoms with E-state index in [4.69, 9.17) is 0 Å². The highest BCUT2D eigenvalue weighted by atomic mass is 16.2. The summed E-state index contributed by atoms with van der Waals surface area (Å²) in [6, 6.07) is 17.8. The van der Waals surface area contributed by atoms with Crippen molar-refractivity contribution in [3.8, 4) is 0 Å². The lowest BCUT2D eigenvalue weighted by Gasteiger charge is -2.32. The Balaban J connectivity index is 1.16. The number of benzene rings is 2. The number of nitrogens with one attached hydrogen (secondary N) is 1. The molecule has 2 aromatic carbocycles. The van der Waals surface area contributed by atoms with Crippen molar-refractivity contribution >= 4 is 29.1 Å². The summed E-state index contributed by atoms with van der Waals surface area (Å²) in [5, 5.41) is 3.01. The minimum Gasteiger partial charge on any atom is -0.339 e. The second kappa shape index (κ2) is 11.6. The Bertz CT molecular complexity index is 1400. The number of aryl methyl sites for hydroxylation is 4. The molecule has 1 atom stereocenters. The van der Waals surface area contributed by atoms with Gasteiger partial charge >= 0.3 is 0 Å². The smallest absolute Gasteiger partial charge is 0.253 e. The number of pyridine rings is 1. The van der Waals surface area contributed by atoms with Crippen LogP contribution in [0.2, 0.25) is 0 Å². The summed E-state index contributed by atoms with van der Waals surface area (Å²) in [4.78, 5) is 47.1. The molecular formula is C33H38N4O3. The summed E-state index contributed by atoms with van der Waals surface area (Å²) in [7, 11) is 0. The zero-order valence-electron chi connectivity index (χ0n) is 23.9. The molecule has 1 aromatic heterocycles. The average Bonchev–Trinajstić information content (AvgIpc) is 3.34. The summed E-state index contributed by atoms with van der Waals surface area (Å²) in [5.74, 6) is -0.0664. The summed E-state index contributed by atoms with van der Waals surface area (Å²) in [5.41, 5.74) is 7.50. The molecule has 40 heavy (non-hydrogen) atoms. The minimum atomic E-state index is -0.384. The fourth-order valence-corrected chi connectivity index (χ4v) is 6.05. The molecule has 208 valence electrons. The molecule has 7 nitrogen and oxygen atoms in total. The molecule has 1 unspecified atom stereocenters. The van der Waals surface area contributed by atoms with Gasteiger partial charge in [-0.05, 0) is 86.9 Å². The Labute approximate surface area is 236 Å². The van der Waals surface area contributed by atoms with Crippen molar-refractivity contribution in [2.24, 2.45) is 5.92 Å². The van der Waals surface area contributed by atoms with E-state index in [1.165, 1.54) is 5.56 Å². The first-order valence-electron chi connectivity index (χ1n) is 14.3. The van der Waals surface area contributed by atoms with Crippen LogP contribution in [0.5, 0.6) is 0 Å². The molecule has 3 heterocycles. The Kier molecular flexibility index (Phi) is 8.01. The quantitative estimate of drug-likeness (QED) is 0.444. The Hall–Kier alpha value is -4.00. The van der Waals surface area contributed by atoms with Crippen molar-refractivity contribution in [2.75, 3.05) is 29.9 Å². The molecule has 7 heteroatoms. The van der Waals surface area contributed by atoms with Crippen molar-refractivity contribution in [1.29, 1.82) is 0 Å². The highest BCUT2D eigenvalue weighted by Gasteiger charge is 2.36. The summed E-state index contributed by atoms with van der Waals surface area (Å²) in [6.45, 7) is 9.81. The highest BCUT2D eigenvalue weighted by Crippen LogP contribution is 2.32. The molecule has 0 bridgehead atoms. The minimum absolute atomic E-state index is 0.0115. The first-order valence-corrected chi connectivity index (χ1v) is 14.3. The average molecular weight is 539 g/mol. The van der Waals surface area contributed by atoms with E-state index in [9.17, 15) is 14.4 Å². The maximum absolute atomic E-state index is 13.1. The van der Waals surface area contributed by atoms with Gasteiger partial charge in [-0.25, -0.2) is 0 Å². The highest BCUT2D eigenvalue weighted by molar-refractivity contribution is 6.04. The van der Waals surface area contributed by atoms with E-state index < -0.39 is 0 Å². The third-order valence-corrected chi connectivity index (χ3v) is 8.25. The van der Waals surface area contributed by atoms with Gasteiger partial charge in [0.1, 0.15) is 0 Å². The number of anilines is 2. The van der Waals surface area contributed by atoms with E-state index in [-0.39, 0.29) is 30.1 Å². The number of hydrogen-bond acceptors (Lipinski definition) is 4. The molecule has 2 aliphatic rings. The Morgan fingerprint density at radius 3 is 2.30 bits per heavy atom. The van der Waals surface area contributed by atoms with Crippen LogP contribution < -0.4 is 10.2 Å². The first-order chi connectivity index (χ1) is 19.2. The SMILES string of the molecule is CCc1cc(C(=O)N2CCC(c3ccc(NC(=O)C4CC(=O)N(c5c(C)cccc5C)C4)cc3)CC2)cc(C)n1. The number of likely N-dealkylation sites (tertiary alicyclic amines) is 1. The van der Waals surface area contributed by atoms with Gasteiger partial charge in [0.2, 0.25) is 11.8 Å². The van der Waals surface area contributed by atoms with Gasteiger partial charge in [-0.15, -0.1) is 0 Å². The maximum atomic E-state index is 13.1. The Morgan fingerprint density at radius 1 is 0.975 bits per heavy atom. The number of piperidine rings is 1. The second-order valence-corrected chi connectivity index (χ2v) is 11.2. The largest absolute Gasteiger partial charge is 0.339 e. The van der Waals surface area contributed by atoms with Crippen LogP contribution in [-0.4, -0.2) is 47.2 Å². The summed E-state index contributed by atoms with van der Waals surface area (Å²) in [6.07, 6.45) is 2.83. The van der Waals surface area contributed by atoms with E-state index >= 15 is 0 Å². The second-order valence-electron chi connectivity index (χ2n) is 11.2. The van der Waals surface area contributed by atoms with E-state index in [1.54, 1.807) is 4.90 Å². The summed E-state index contributed by atoms with van der Waals surface area (Å²) < 4.78 is 0. The predicted molar refractivity (Wildman–Crippen MR) is 158 cm³/mol. The fraction of sp³-hybridized carbons (Fsp3) is 0.394. The maximum Gasteiger partial charge on any atom is 0.253 e. The molecule has 0 spiro atoms. The number of hydrogen-bond donors (Lipinski definition) is 1. The number of amides is 3. The van der Waals surface area contributed by atoms with Gasteiger partial charge < -0.3 is 15.1 Å². The van der Waals surface area contributed by atoms with Crippen LogP contribution in [0, 0.1) is 26.7 Å². The van der Waals surface area contributed by atoms with Crippen LogP contribution in [0.1, 0.15) is 70.5 Å². The van der Waals surface area contributed by atoms with Gasteiger partial charge in [-0.1, -0.05) is 37.3 Å². The van der Waals surface area contributed by atoms with Crippen molar-refractivity contribution in [2.45, 2.75) is 59.3 Å². The Morgan fingerprint density at radius 2 is 1.65 bits per heavy atom. The molecule has 2 saturated heterocycles. The lowest BCUT2D eigenvalue weighted by molar-refractivity contribution is -0.122. The summed E-state index contributed by atoms with van der Waals surface area (Å²) >= 11 is 0. The first kappa shape index (κ1) is 27.6. The van der Waals surface area contributed by atoms with E-state index in [1.807, 2.05) is 68.1 Å². The van der Waals surface area contributed by atoms with Crippen molar-refractivity contribution < 1.29 is 14.4 Å². The van der Waals surface area contributed by atoms with Crippen LogP contribution in [0.3, 0.4) is 0 Å². The molecule has 0 aliphatic carbocycles. The number of rotatable bonds is 6. The molecule has 0 saturated carbocycles. The third-order valence-electron chi connectivity index (χ3n) is 8.25. The van der Waals surface area contributed by atoms with E-state index in [2.05, 4.69) is 29.4 Å². The van der Waals surface area contributed by atoms with Gasteiger partial charge in [0.05, 0.1) is 5.92 Å². The number of carbonyl (C=O) groups excluding carboxylic acids is 3. The van der Waals surface area contributed by atoms with Crippen LogP contribution in [-0.2, 0) is 16.0 Å². The molecule has 1 N–H and O–H groups in total. The van der Waals surface area contributed by atoms with E-state index in [0.29, 0.717) is 12.5 Å². The van der Waals surface area contributed by atoms with Gasteiger partial charge in [0, 0.05) is 54.4 Å². The van der Waals surface area contributed by atoms with Crippen molar-refractivity contribution in [3.05, 3.63) is 88.2 Å². The van der Waals surface area contributed by atoms with E-state index in [0.717, 1.165) is 71.8 Å². The van der Waals surface area contributed by atoms with Gasteiger partial charge in [0.25, 0.3) is 5.91 Å². The zero-order valence-corrected chi connectivity index (χ0v) is 23.9. The molecule has 5 rings (SSSR count). The molecule has 2 aliphatic heterocycles. The molecule has 0 radical (unpaired) electrons. The van der Waals surface area contributed by atoms with Crippen LogP contribution >= 0.6 is 0 Å². The van der Waals surface area contributed by atoms with Gasteiger partial charge in [-0.2, -0.15) is 0 Å². The zero-order chi connectivity index (χ0) is 28.4. The number of aromatic nitrogens is 1. The molecule has 3 aromatic rings. The number of nitrogens with zero attached hydrogens (tertiary/aromatic N) is 3. The molecule has 3 amide bonds. The topological polar surface area (TPSA) is 82.6 Å². The monoisotopic (exact) mass is 538 g/mol. The predicted octanol–water partition coefficient (Wildman–Crippen LogP) is 5.58. The molecular weight excluding hydrogens is 500 g/mol. The van der Waals surface area contributed by atoms with Crippen LogP contribution in [0.25, 0.3) is 0 Å². The lowest BCUT2D eigenvalue weighted by Crippen LogP contribution is -2.38. The fourth-order valence-electron chi connectivity index (χ4n) is 6.05. The molecule has 2 fully saturated rings. The lowest BCUT2D eigenvalue weighted by atomic mass is 9.89. The third kappa shape index (κ3) is 5.79. The van der Waals surface area contributed by atoms with Crippen LogP contribution in [0.4, 0.5) is 11.4 Å². The van der Waals surface area contributed by atoms with Crippen molar-refractivity contribution in [1.82, 2.24) is 9.88 Å². The normalized spacial score (nSPS) is 17.8. The van der Waals surface area contributed by atoms with Crippen molar-refractivity contribution in [3.63, 3.8) is 0 Å². The number of carbonyl (C=O) groups is 3.